The summed E-state index contributed by atoms with van der Waals surface area (Å²) in [6.45, 7) is 8.12. The summed E-state index contributed by atoms with van der Waals surface area (Å²) in [7, 11) is 1.73. The van der Waals surface area contributed by atoms with Gasteiger partial charge in [-0.05, 0) is 31.5 Å². The Morgan fingerprint density at radius 2 is 2.03 bits per heavy atom. The molecular weight excluding hydrogens is 504 g/mol. The minimum atomic E-state index is -0.196. The first-order valence-electron chi connectivity index (χ1n) is 9.55. The van der Waals surface area contributed by atoms with Crippen LogP contribution in [0.4, 0.5) is 10.1 Å². The number of guanidine groups is 1. The van der Waals surface area contributed by atoms with Gasteiger partial charge < -0.3 is 20.3 Å². The number of aryl methyl sites for hydroxylation is 2. The molecule has 0 atom stereocenters. The lowest BCUT2D eigenvalue weighted by Gasteiger charge is -2.29. The summed E-state index contributed by atoms with van der Waals surface area (Å²) in [5, 5.41) is 7.64. The summed E-state index contributed by atoms with van der Waals surface area (Å²) in [5.74, 6) is 0.501. The zero-order chi connectivity index (χ0) is 19.9. The molecule has 0 unspecified atom stereocenters. The van der Waals surface area contributed by atoms with Gasteiger partial charge in [0, 0.05) is 44.5 Å². The quantitative estimate of drug-likeness (QED) is 0.339. The lowest BCUT2D eigenvalue weighted by Crippen LogP contribution is -2.38. The van der Waals surface area contributed by atoms with Crippen LogP contribution in [0.5, 0.6) is 0 Å². The molecule has 160 valence electrons. The summed E-state index contributed by atoms with van der Waals surface area (Å²) in [6.07, 6.45) is 0.850. The van der Waals surface area contributed by atoms with Gasteiger partial charge in [-0.2, -0.15) is 0 Å². The molecule has 0 saturated carbocycles. The highest BCUT2D eigenvalue weighted by molar-refractivity contribution is 14.0. The van der Waals surface area contributed by atoms with Gasteiger partial charge in [0.15, 0.2) is 5.96 Å². The molecule has 0 radical (unpaired) electrons. The van der Waals surface area contributed by atoms with Crippen LogP contribution in [0, 0.1) is 19.7 Å². The lowest BCUT2D eigenvalue weighted by molar-refractivity contribution is 0.122. The van der Waals surface area contributed by atoms with Crippen molar-refractivity contribution in [2.24, 2.45) is 4.99 Å². The molecule has 1 aromatic carbocycles. The van der Waals surface area contributed by atoms with Crippen LogP contribution < -0.4 is 15.5 Å². The number of nitrogens with zero attached hydrogens (tertiary/aromatic N) is 3. The van der Waals surface area contributed by atoms with Gasteiger partial charge in [-0.1, -0.05) is 6.07 Å². The predicted octanol–water partition coefficient (Wildman–Crippen LogP) is 3.26. The number of hydrogen-bond acceptors (Lipinski definition) is 5. The van der Waals surface area contributed by atoms with Gasteiger partial charge >= 0.3 is 0 Å². The lowest BCUT2D eigenvalue weighted by atomic mass is 10.1. The van der Waals surface area contributed by atoms with E-state index in [0.29, 0.717) is 31.4 Å². The van der Waals surface area contributed by atoms with E-state index < -0.39 is 0 Å². The number of nitrogens with one attached hydrogen (secondary N) is 2. The van der Waals surface area contributed by atoms with Crippen LogP contribution >= 0.6 is 35.3 Å². The number of benzene rings is 1. The molecule has 0 aliphatic carbocycles. The smallest absolute Gasteiger partial charge is 0.191 e. The molecule has 0 bridgehead atoms. The molecule has 0 amide bonds. The van der Waals surface area contributed by atoms with Gasteiger partial charge in [-0.15, -0.1) is 35.3 Å². The molecule has 2 aromatic rings. The minimum Gasteiger partial charge on any atom is -0.378 e. The number of aromatic nitrogens is 1. The van der Waals surface area contributed by atoms with Crippen LogP contribution in [0.15, 0.2) is 23.2 Å². The van der Waals surface area contributed by atoms with Crippen LogP contribution in [0.2, 0.25) is 0 Å². The number of anilines is 1. The zero-order valence-corrected chi connectivity index (χ0v) is 20.3. The Morgan fingerprint density at radius 1 is 1.28 bits per heavy atom. The van der Waals surface area contributed by atoms with Gasteiger partial charge in [0.25, 0.3) is 0 Å². The summed E-state index contributed by atoms with van der Waals surface area (Å²) in [4.78, 5) is 12.1. The molecule has 1 fully saturated rings. The molecule has 29 heavy (non-hydrogen) atoms. The van der Waals surface area contributed by atoms with E-state index in [-0.39, 0.29) is 29.8 Å². The zero-order valence-electron chi connectivity index (χ0n) is 17.1. The third-order valence-electron chi connectivity index (χ3n) is 4.75. The van der Waals surface area contributed by atoms with Gasteiger partial charge in [0.1, 0.15) is 5.82 Å². The normalized spacial score (nSPS) is 14.5. The third-order valence-corrected chi connectivity index (χ3v) is 5.88. The maximum Gasteiger partial charge on any atom is 0.191 e. The minimum absolute atomic E-state index is 0. The molecule has 2 N–H and O–H groups in total. The SMILES string of the molecule is CN=C(NCCc1nc(C)c(C)s1)NCc1ccc(N2CCOCC2)c(F)c1.I. The molecule has 9 heteroatoms. The van der Waals surface area contributed by atoms with Crippen LogP contribution in [-0.4, -0.2) is 50.8 Å². The maximum atomic E-state index is 14.5. The van der Waals surface area contributed by atoms with Crippen molar-refractivity contribution in [1.29, 1.82) is 0 Å². The van der Waals surface area contributed by atoms with E-state index in [9.17, 15) is 4.39 Å². The van der Waals surface area contributed by atoms with Crippen molar-refractivity contribution in [1.82, 2.24) is 15.6 Å². The van der Waals surface area contributed by atoms with E-state index in [4.69, 9.17) is 4.74 Å². The van der Waals surface area contributed by atoms with Crippen molar-refractivity contribution in [3.63, 3.8) is 0 Å². The van der Waals surface area contributed by atoms with Crippen LogP contribution in [0.25, 0.3) is 0 Å². The van der Waals surface area contributed by atoms with Gasteiger partial charge in [-0.3, -0.25) is 4.99 Å². The Hall–Kier alpha value is -1.46. The summed E-state index contributed by atoms with van der Waals surface area (Å²) < 4.78 is 19.8. The molecule has 0 spiro atoms. The second-order valence-electron chi connectivity index (χ2n) is 6.74. The summed E-state index contributed by atoms with van der Waals surface area (Å²) >= 11 is 1.73. The molecule has 6 nitrogen and oxygen atoms in total. The van der Waals surface area contributed by atoms with Gasteiger partial charge in [-0.25, -0.2) is 9.37 Å². The Balaban J connectivity index is 0.00000300. The van der Waals surface area contributed by atoms with E-state index in [2.05, 4.69) is 27.5 Å². The highest BCUT2D eigenvalue weighted by atomic mass is 127. The molecule has 1 aliphatic rings. The van der Waals surface area contributed by atoms with Crippen molar-refractivity contribution in [3.8, 4) is 0 Å². The first-order chi connectivity index (χ1) is 13.6. The fourth-order valence-corrected chi connectivity index (χ4v) is 3.99. The van der Waals surface area contributed by atoms with E-state index in [0.717, 1.165) is 42.3 Å². The monoisotopic (exact) mass is 533 g/mol. The molecular formula is C20H29FIN5OS. The topological polar surface area (TPSA) is 61.8 Å². The number of rotatable bonds is 6. The number of hydrogen-bond donors (Lipinski definition) is 2. The van der Waals surface area contributed by atoms with Crippen molar-refractivity contribution in [3.05, 3.63) is 45.2 Å². The molecule has 3 rings (SSSR count). The Kier molecular flexibility index (Phi) is 9.57. The maximum absolute atomic E-state index is 14.5. The highest BCUT2D eigenvalue weighted by Crippen LogP contribution is 2.21. The van der Waals surface area contributed by atoms with Crippen molar-refractivity contribution in [2.45, 2.75) is 26.8 Å². The van der Waals surface area contributed by atoms with Crippen LogP contribution in [0.3, 0.4) is 0 Å². The number of halogens is 2. The number of aliphatic imine (C=N–C) groups is 1. The van der Waals surface area contributed by atoms with Gasteiger partial charge in [0.05, 0.1) is 29.6 Å². The fourth-order valence-electron chi connectivity index (χ4n) is 3.06. The number of ether oxygens (including phenoxy) is 1. The van der Waals surface area contributed by atoms with Crippen LogP contribution in [0.1, 0.15) is 21.1 Å². The van der Waals surface area contributed by atoms with Gasteiger partial charge in [0.2, 0.25) is 0 Å². The fraction of sp³-hybridized carbons (Fsp3) is 0.500. The average molecular weight is 533 g/mol. The number of morpholine rings is 1. The second kappa shape index (κ2) is 11.7. The standard InChI is InChI=1S/C20H28FN5OS.HI/c1-14-15(2)28-19(25-14)6-7-23-20(22-3)24-13-16-4-5-18(17(21)12-16)26-8-10-27-11-9-26;/h4-5,12H,6-11,13H2,1-3H3,(H2,22,23,24);1H. The second-order valence-corrected chi connectivity index (χ2v) is 8.02. The van der Waals surface area contributed by atoms with Crippen LogP contribution in [-0.2, 0) is 17.7 Å². The average Bonchev–Trinajstić information content (AvgIpc) is 3.02. The van der Waals surface area contributed by atoms with E-state index in [1.54, 1.807) is 24.5 Å². The van der Waals surface area contributed by atoms with E-state index >= 15 is 0 Å². The summed E-state index contributed by atoms with van der Waals surface area (Å²) in [6, 6.07) is 5.39. The van der Waals surface area contributed by atoms with Crippen molar-refractivity contribution >= 4 is 47.0 Å². The first-order valence-corrected chi connectivity index (χ1v) is 10.4. The Morgan fingerprint density at radius 3 is 2.66 bits per heavy atom. The van der Waals surface area contributed by atoms with Crippen molar-refractivity contribution < 1.29 is 9.13 Å². The van der Waals surface area contributed by atoms with Crippen molar-refractivity contribution in [2.75, 3.05) is 44.8 Å². The van der Waals surface area contributed by atoms with E-state index in [1.165, 1.54) is 4.88 Å². The molecule has 1 saturated heterocycles. The Bertz CT molecular complexity index is 804. The first kappa shape index (κ1) is 23.8. The Labute approximate surface area is 193 Å². The van der Waals surface area contributed by atoms with E-state index in [1.807, 2.05) is 24.0 Å². The highest BCUT2D eigenvalue weighted by Gasteiger charge is 2.15. The predicted molar refractivity (Wildman–Crippen MR) is 128 cm³/mol. The molecule has 1 aliphatic heterocycles. The molecule has 2 heterocycles. The number of thiazole rings is 1. The summed E-state index contributed by atoms with van der Waals surface area (Å²) in [5.41, 5.74) is 2.62. The molecule has 1 aromatic heterocycles. The third kappa shape index (κ3) is 6.78. The largest absolute Gasteiger partial charge is 0.378 e.